The number of rotatable bonds is 50. The van der Waals surface area contributed by atoms with Gasteiger partial charge in [0.1, 0.15) is 19.8 Å². The van der Waals surface area contributed by atoms with Crippen molar-refractivity contribution in [3.05, 3.63) is 109 Å². The van der Waals surface area contributed by atoms with E-state index in [1.165, 1.54) is 64.2 Å². The summed E-state index contributed by atoms with van der Waals surface area (Å²) in [7, 11) is 1.46. The third kappa shape index (κ3) is 55.8. The summed E-state index contributed by atoms with van der Waals surface area (Å²) in [6.07, 6.45) is 71.6. The largest absolute Gasteiger partial charge is 0.472 e. The summed E-state index contributed by atoms with van der Waals surface area (Å²) in [5.41, 5.74) is 0. The summed E-state index contributed by atoms with van der Waals surface area (Å²) in [6.45, 7) is 4.26. The van der Waals surface area contributed by atoms with Crippen LogP contribution in [0, 0.1) is 0 Å². The minimum Gasteiger partial charge on any atom is -0.462 e. The van der Waals surface area contributed by atoms with E-state index in [0.29, 0.717) is 17.4 Å². The Morgan fingerprint density at radius 1 is 0.451 bits per heavy atom. The Kier molecular flexibility index (Phi) is 49.1. The van der Waals surface area contributed by atoms with E-state index in [9.17, 15) is 19.0 Å². The van der Waals surface area contributed by atoms with Crippen LogP contribution in [-0.2, 0) is 32.7 Å². The van der Waals surface area contributed by atoms with Crippen molar-refractivity contribution in [3.8, 4) is 0 Å². The number of hydrogen-bond donors (Lipinski definition) is 1. The average Bonchev–Trinajstić information content (AvgIpc) is 3.33. The first-order valence-corrected chi connectivity index (χ1v) is 29.6. The Morgan fingerprint density at radius 2 is 0.803 bits per heavy atom. The van der Waals surface area contributed by atoms with Gasteiger partial charge in [0, 0.05) is 12.8 Å². The van der Waals surface area contributed by atoms with Crippen LogP contribution in [-0.4, -0.2) is 74.9 Å². The fourth-order valence-electron chi connectivity index (χ4n) is 7.20. The summed E-state index contributed by atoms with van der Waals surface area (Å²) in [5.74, 6) is -0.819. The van der Waals surface area contributed by atoms with Crippen molar-refractivity contribution in [1.82, 2.24) is 0 Å². The van der Waals surface area contributed by atoms with Gasteiger partial charge in [0.05, 0.1) is 27.7 Å². The lowest BCUT2D eigenvalue weighted by Crippen LogP contribution is -2.37. The molecule has 2 atom stereocenters. The van der Waals surface area contributed by atoms with Gasteiger partial charge in [-0.1, -0.05) is 207 Å². The molecule has 0 radical (unpaired) electrons. The molecule has 10 heteroatoms. The fourth-order valence-corrected chi connectivity index (χ4v) is 7.94. The van der Waals surface area contributed by atoms with Crippen LogP contribution in [0.3, 0.4) is 0 Å². The molecule has 2 unspecified atom stereocenters. The molecule has 0 aromatic carbocycles. The number of ether oxygens (including phenoxy) is 2. The molecule has 0 aromatic heterocycles. The van der Waals surface area contributed by atoms with Gasteiger partial charge in [-0.3, -0.25) is 18.6 Å². The highest BCUT2D eigenvalue weighted by atomic mass is 31.2. The van der Waals surface area contributed by atoms with Crippen molar-refractivity contribution in [2.24, 2.45) is 0 Å². The minimum atomic E-state index is -4.39. The molecular weight excluding hydrogens is 906 g/mol. The number of esters is 2. The number of likely N-dealkylation sites (N-methyl/N-ethyl adjacent to an activating group) is 1. The molecule has 0 heterocycles. The van der Waals surface area contributed by atoms with Crippen LogP contribution in [0.5, 0.6) is 0 Å². The molecule has 0 aliphatic carbocycles. The minimum absolute atomic E-state index is 0.0249. The van der Waals surface area contributed by atoms with Crippen LogP contribution in [0.4, 0.5) is 0 Å². The van der Waals surface area contributed by atoms with E-state index in [0.717, 1.165) is 116 Å². The third-order valence-corrected chi connectivity index (χ3v) is 12.5. The Morgan fingerprint density at radius 3 is 1.21 bits per heavy atom. The number of hydrogen-bond acceptors (Lipinski definition) is 7. The van der Waals surface area contributed by atoms with Crippen LogP contribution < -0.4 is 0 Å². The zero-order valence-electron chi connectivity index (χ0n) is 45.9. The number of phosphoric ester groups is 1. The molecule has 0 rings (SSSR count). The van der Waals surface area contributed by atoms with Crippen molar-refractivity contribution >= 4 is 19.8 Å². The van der Waals surface area contributed by atoms with E-state index in [1.54, 1.807) is 0 Å². The highest BCUT2D eigenvalue weighted by Crippen LogP contribution is 2.43. The van der Waals surface area contributed by atoms with Crippen molar-refractivity contribution in [1.29, 1.82) is 0 Å². The maximum atomic E-state index is 12.8. The SMILES string of the molecule is CC/C=C\C/C=C\C/C=C\C/C=C\C/C=C\C/C=C\C/C=C\C/C=C\CCCCCCCCCCCCC(=O)OC(COC(=O)CCCCCCC/C=C\CCCCC)COP(=O)(O)OCC[N+](C)(C)C. The smallest absolute Gasteiger partial charge is 0.462 e. The van der Waals surface area contributed by atoms with Gasteiger partial charge in [-0.2, -0.15) is 0 Å². The van der Waals surface area contributed by atoms with Crippen molar-refractivity contribution in [3.63, 3.8) is 0 Å². The monoisotopic (exact) mass is 1010 g/mol. The second kappa shape index (κ2) is 51.6. The van der Waals surface area contributed by atoms with Gasteiger partial charge in [0.15, 0.2) is 6.10 Å². The third-order valence-electron chi connectivity index (χ3n) is 11.5. The lowest BCUT2D eigenvalue weighted by atomic mass is 10.0. The molecule has 0 amide bonds. The van der Waals surface area contributed by atoms with Crippen molar-refractivity contribution < 1.29 is 42.1 Å². The van der Waals surface area contributed by atoms with E-state index in [-0.39, 0.29) is 32.0 Å². The van der Waals surface area contributed by atoms with Crippen LogP contribution >= 0.6 is 7.82 Å². The second-order valence-electron chi connectivity index (χ2n) is 19.6. The Labute approximate surface area is 436 Å². The molecule has 0 bridgehead atoms. The molecule has 406 valence electrons. The number of allylic oxidation sites excluding steroid dienone is 18. The molecular formula is C61H105NO8P+. The second-order valence-corrected chi connectivity index (χ2v) is 21.0. The summed E-state index contributed by atoms with van der Waals surface area (Å²) in [5, 5.41) is 0. The summed E-state index contributed by atoms with van der Waals surface area (Å²) < 4.78 is 34.4. The fraction of sp³-hybridized carbons (Fsp3) is 0.672. The van der Waals surface area contributed by atoms with Gasteiger partial charge in [0.25, 0.3) is 0 Å². The first kappa shape index (κ1) is 67.7. The van der Waals surface area contributed by atoms with Gasteiger partial charge in [-0.25, -0.2) is 4.57 Å². The predicted octanol–water partition coefficient (Wildman–Crippen LogP) is 17.4. The number of phosphoric acid groups is 1. The van der Waals surface area contributed by atoms with E-state index in [2.05, 4.69) is 123 Å². The standard InChI is InChI=1S/C61H104NO8P/c1-6-8-10-12-14-16-18-20-21-22-23-24-25-26-27-28-29-30-31-32-33-34-35-36-37-38-39-40-41-42-44-46-48-50-52-54-61(64)70-59(58-69-71(65,66)68-56-55-62(3,4)5)57-67-60(63)53-51-49-47-45-43-19-17-15-13-11-9-7-2/h8,10,14-17,20-21,23-24,26-27,29-30,32-33,35-36,59H,6-7,9,11-13,18-19,22,25,28,31,34,37-58H2,1-5H3/p+1/b10-8-,16-14-,17-15-,21-20-,24-23-,27-26-,30-29-,33-32-,36-35-. The Bertz CT molecular complexity index is 1570. The van der Waals surface area contributed by atoms with E-state index < -0.39 is 26.5 Å². The number of carbonyl (C=O) groups excluding carboxylic acids is 2. The zero-order chi connectivity index (χ0) is 52.0. The highest BCUT2D eigenvalue weighted by molar-refractivity contribution is 7.47. The van der Waals surface area contributed by atoms with Crippen LogP contribution in [0.15, 0.2) is 109 Å². The number of unbranched alkanes of at least 4 members (excludes halogenated alkanes) is 18. The van der Waals surface area contributed by atoms with Crippen LogP contribution in [0.2, 0.25) is 0 Å². The Hall–Kier alpha value is -3.33. The molecule has 0 saturated heterocycles. The lowest BCUT2D eigenvalue weighted by molar-refractivity contribution is -0.870. The van der Waals surface area contributed by atoms with Gasteiger partial charge >= 0.3 is 19.8 Å². The average molecular weight is 1010 g/mol. The molecule has 0 aromatic rings. The molecule has 1 N–H and O–H groups in total. The Balaban J connectivity index is 4.12. The highest BCUT2D eigenvalue weighted by Gasteiger charge is 2.27. The normalized spacial score (nSPS) is 14.2. The summed E-state index contributed by atoms with van der Waals surface area (Å²) in [4.78, 5) is 35.5. The van der Waals surface area contributed by atoms with E-state index >= 15 is 0 Å². The molecule has 0 fully saturated rings. The van der Waals surface area contributed by atoms with Gasteiger partial charge in [-0.05, 0) is 103 Å². The van der Waals surface area contributed by atoms with Gasteiger partial charge in [-0.15, -0.1) is 0 Å². The molecule has 0 aliphatic heterocycles. The molecule has 71 heavy (non-hydrogen) atoms. The number of carbonyl (C=O) groups is 2. The van der Waals surface area contributed by atoms with Crippen molar-refractivity contribution in [2.45, 2.75) is 219 Å². The maximum Gasteiger partial charge on any atom is 0.472 e. The molecule has 0 aliphatic rings. The quantitative estimate of drug-likeness (QED) is 0.0211. The van der Waals surface area contributed by atoms with Crippen LogP contribution in [0.25, 0.3) is 0 Å². The number of nitrogens with zero attached hydrogens (tertiary/aromatic N) is 1. The summed E-state index contributed by atoms with van der Waals surface area (Å²) >= 11 is 0. The summed E-state index contributed by atoms with van der Waals surface area (Å²) in [6, 6.07) is 0. The van der Waals surface area contributed by atoms with E-state index in [4.69, 9.17) is 18.5 Å². The topological polar surface area (TPSA) is 108 Å². The molecule has 0 saturated carbocycles. The predicted molar refractivity (Wildman–Crippen MR) is 302 cm³/mol. The zero-order valence-corrected chi connectivity index (χ0v) is 46.8. The van der Waals surface area contributed by atoms with Gasteiger partial charge in [0.2, 0.25) is 0 Å². The first-order valence-electron chi connectivity index (χ1n) is 28.1. The first-order chi connectivity index (χ1) is 34.5. The van der Waals surface area contributed by atoms with E-state index in [1.807, 2.05) is 21.1 Å². The van der Waals surface area contributed by atoms with Gasteiger partial charge < -0.3 is 18.9 Å². The maximum absolute atomic E-state index is 12.8. The molecule has 0 spiro atoms. The lowest BCUT2D eigenvalue weighted by Gasteiger charge is -2.24. The number of quaternary nitrogens is 1. The molecule has 9 nitrogen and oxygen atoms in total. The van der Waals surface area contributed by atoms with Crippen LogP contribution in [0.1, 0.15) is 213 Å². The van der Waals surface area contributed by atoms with Crippen molar-refractivity contribution in [2.75, 3.05) is 47.5 Å².